The number of nitrogens with zero attached hydrogens (tertiary/aromatic N) is 10. The second-order valence-electron chi connectivity index (χ2n) is 21.0. The molecule has 4 aliphatic rings. The summed E-state index contributed by atoms with van der Waals surface area (Å²) in [7, 11) is -5.12. The zero-order valence-corrected chi connectivity index (χ0v) is 46.8. The third-order valence-electron chi connectivity index (χ3n) is 14.5. The minimum atomic E-state index is -5.12. The number of nitrogen functional groups attached to an aromatic ring is 1. The molecule has 4 aromatic rings. The van der Waals surface area contributed by atoms with Crippen molar-refractivity contribution in [2.75, 3.05) is 121 Å². The number of ether oxygens (including phenoxy) is 6. The number of nitrogens with two attached hydrogens (primary N) is 1. The van der Waals surface area contributed by atoms with Crippen molar-refractivity contribution in [2.24, 2.45) is 5.11 Å². The van der Waals surface area contributed by atoms with E-state index >= 15 is 0 Å². The first-order chi connectivity index (χ1) is 38.9. The molecule has 0 spiro atoms. The van der Waals surface area contributed by atoms with Crippen LogP contribution < -0.4 is 38.7 Å². The lowest BCUT2D eigenvalue weighted by molar-refractivity contribution is -0.277. The van der Waals surface area contributed by atoms with Crippen LogP contribution in [0, 0.1) is 0 Å². The summed E-state index contributed by atoms with van der Waals surface area (Å²) < 4.78 is 72.9. The van der Waals surface area contributed by atoms with Crippen molar-refractivity contribution in [3.8, 4) is 34.4 Å². The maximum atomic E-state index is 14.0. The number of aliphatic hydroxyl groups is 4. The van der Waals surface area contributed by atoms with E-state index in [0.717, 1.165) is 50.8 Å². The molecule has 27 nitrogen and oxygen atoms in total. The van der Waals surface area contributed by atoms with E-state index in [1.165, 1.54) is 18.2 Å². The van der Waals surface area contributed by atoms with Gasteiger partial charge in [0, 0.05) is 110 Å². The number of carbonyl (C=O) groups is 1. The van der Waals surface area contributed by atoms with E-state index in [1.807, 2.05) is 12.1 Å². The molecule has 2 bridgehead atoms. The first kappa shape index (κ1) is 60.7. The van der Waals surface area contributed by atoms with E-state index in [1.54, 1.807) is 30.5 Å². The highest BCUT2D eigenvalue weighted by Gasteiger charge is 2.45. The lowest BCUT2D eigenvalue weighted by atomic mass is 9.99. The number of amides is 1. The second kappa shape index (κ2) is 28.1. The molecule has 442 valence electrons. The van der Waals surface area contributed by atoms with Crippen molar-refractivity contribution < 1.29 is 70.4 Å². The highest BCUT2D eigenvalue weighted by atomic mass is 32.3. The fraction of sp³-hybridized carbons (Fsp3) is 0.585. The summed E-state index contributed by atoms with van der Waals surface area (Å²) >= 11 is 0. The second-order valence-corrected chi connectivity index (χ2v) is 22.1. The van der Waals surface area contributed by atoms with E-state index in [4.69, 9.17) is 48.1 Å². The molecule has 28 heteroatoms. The van der Waals surface area contributed by atoms with Crippen LogP contribution in [-0.4, -0.2) is 219 Å². The molecule has 2 aromatic heterocycles. The van der Waals surface area contributed by atoms with Crippen LogP contribution in [0.1, 0.15) is 50.9 Å². The molecule has 4 aliphatic heterocycles. The first-order valence-corrected chi connectivity index (χ1v) is 28.4. The van der Waals surface area contributed by atoms with Crippen molar-refractivity contribution in [3.05, 3.63) is 82.9 Å². The molecule has 6 heterocycles. The van der Waals surface area contributed by atoms with Gasteiger partial charge in [-0.05, 0) is 88.5 Å². The molecule has 81 heavy (non-hydrogen) atoms. The fourth-order valence-corrected chi connectivity index (χ4v) is 11.0. The number of para-hydroxylation sites is 1. The maximum absolute atomic E-state index is 14.0. The summed E-state index contributed by atoms with van der Waals surface area (Å²) in [5, 5.41) is 56.1. The van der Waals surface area contributed by atoms with Gasteiger partial charge in [0.25, 0.3) is 5.91 Å². The number of aliphatic hydroxyl groups excluding tert-OH is 4. The molecule has 4 fully saturated rings. The summed E-state index contributed by atoms with van der Waals surface area (Å²) in [6, 6.07) is 16.1. The van der Waals surface area contributed by atoms with Gasteiger partial charge in [0.2, 0.25) is 12.2 Å². The molecule has 7 N–H and O–H groups in total. The smallest absolute Gasteiger partial charge is 0.476 e. The van der Waals surface area contributed by atoms with Crippen LogP contribution >= 0.6 is 0 Å². The monoisotopic (exact) mass is 1150 g/mol. The van der Waals surface area contributed by atoms with Gasteiger partial charge in [0.15, 0.2) is 23.1 Å². The van der Waals surface area contributed by atoms with Crippen molar-refractivity contribution in [1.29, 1.82) is 0 Å². The summed E-state index contributed by atoms with van der Waals surface area (Å²) in [6.07, 6.45) is -4.87. The molecule has 8 atom stereocenters. The van der Waals surface area contributed by atoms with Gasteiger partial charge in [-0.1, -0.05) is 17.2 Å². The summed E-state index contributed by atoms with van der Waals surface area (Å²) in [5.41, 5.74) is 17.0. The normalized spacial score (nSPS) is 23.4. The third kappa shape index (κ3) is 16.0. The van der Waals surface area contributed by atoms with Crippen LogP contribution in [0.2, 0.25) is 0 Å². The lowest BCUT2D eigenvalue weighted by Gasteiger charge is -2.45. The van der Waals surface area contributed by atoms with E-state index in [-0.39, 0.29) is 85.5 Å². The zero-order valence-electron chi connectivity index (χ0n) is 45.9. The van der Waals surface area contributed by atoms with Crippen LogP contribution in [0.3, 0.4) is 0 Å². The third-order valence-corrected chi connectivity index (χ3v) is 15.3. The number of rotatable bonds is 27. The summed E-state index contributed by atoms with van der Waals surface area (Å²) in [5.74, 6) is -1.10. The van der Waals surface area contributed by atoms with Gasteiger partial charge in [-0.15, -0.1) is 18.6 Å². The molecule has 0 radical (unpaired) electrons. The number of hydrogen-bond acceptors (Lipinski definition) is 24. The SMILES string of the molecule is C[C@@H]1CN(C(C)(C)C)CCN1CCOc1cc(N2C3CCC2CN(c2cc(-c4ccccc4OS(=O)(=O)Oc4cc(C(=O)NCCOCCOCCOCCN=[N+]=[N-])ccc4O[C@@H]4O[C@H](CO)[C@H](O)[C@H](O)[C@H]4O)nnc2N)C3)ccn1. The van der Waals surface area contributed by atoms with Crippen LogP contribution in [0.5, 0.6) is 23.1 Å². The van der Waals surface area contributed by atoms with Gasteiger partial charge < -0.3 is 78.1 Å². The van der Waals surface area contributed by atoms with Gasteiger partial charge in [0.05, 0.1) is 57.6 Å². The van der Waals surface area contributed by atoms with Crippen molar-refractivity contribution in [1.82, 2.24) is 30.3 Å². The number of benzene rings is 2. The Balaban J connectivity index is 0.914. The number of piperazine rings is 2. The molecule has 2 unspecified atom stereocenters. The number of fused-ring (bicyclic) bond motifs is 2. The largest absolute Gasteiger partial charge is 0.501 e. The standard InChI is InChI=1S/C53H74N12O15S/c1-34-30-64(53(2,3)4)18-17-62(34)19-22-76-46-28-36(13-14-56-46)65-37-10-11-38(65)32-63(31-37)41-29-40(59-60-50(41)54)39-7-5-6-8-42(39)79-81(71,72)80-44-27-35(9-12-43(44)77-52-49(69)48(68)47(67)45(33-66)78-52)51(70)57-15-20-73-23-25-75-26-24-74-21-16-58-61-55/h5-9,12-14,27-29,34,37-38,45,47-49,52,66-69H,10-11,15-26,30-33H2,1-4H3,(H2,54,60)(H,57,70)/t34-,37?,38?,45-,47+,48+,49-,52-/m1/s1. The Morgan fingerprint density at radius 1 is 0.864 bits per heavy atom. The van der Waals surface area contributed by atoms with E-state index < -0.39 is 65.1 Å². The van der Waals surface area contributed by atoms with Crippen molar-refractivity contribution >= 4 is 33.5 Å². The highest BCUT2D eigenvalue weighted by Crippen LogP contribution is 2.41. The molecular weight excluding hydrogens is 1080 g/mol. The Morgan fingerprint density at radius 3 is 2.30 bits per heavy atom. The van der Waals surface area contributed by atoms with E-state index in [2.05, 4.69) is 77.8 Å². The molecule has 1 amide bonds. The minimum absolute atomic E-state index is 0.0465. The Hall–Kier alpha value is -6.40. The number of pyridine rings is 1. The molecule has 8 rings (SSSR count). The predicted molar refractivity (Wildman–Crippen MR) is 295 cm³/mol. The maximum Gasteiger partial charge on any atom is 0.501 e. The topological polar surface area (TPSA) is 344 Å². The molecular formula is C53H74N12O15S. The molecule has 0 aliphatic carbocycles. The fourth-order valence-electron chi connectivity index (χ4n) is 10.3. The zero-order chi connectivity index (χ0) is 57.7. The first-order valence-electron chi connectivity index (χ1n) is 27.0. The van der Waals surface area contributed by atoms with Gasteiger partial charge in [-0.2, -0.15) is 0 Å². The van der Waals surface area contributed by atoms with E-state index in [9.17, 15) is 33.6 Å². The Labute approximate surface area is 470 Å². The molecule has 2 aromatic carbocycles. The summed E-state index contributed by atoms with van der Waals surface area (Å²) in [4.78, 5) is 30.2. The van der Waals surface area contributed by atoms with Crippen molar-refractivity contribution in [3.63, 3.8) is 0 Å². The number of aromatic nitrogens is 3. The highest BCUT2D eigenvalue weighted by molar-refractivity contribution is 7.82. The number of nitrogens with one attached hydrogen (secondary N) is 1. The number of carbonyl (C=O) groups excluding carboxylic acids is 1. The number of hydrogen-bond donors (Lipinski definition) is 6. The summed E-state index contributed by atoms with van der Waals surface area (Å²) in [6.45, 7) is 15.5. The van der Waals surface area contributed by atoms with Crippen LogP contribution in [-0.2, 0) is 29.3 Å². The van der Waals surface area contributed by atoms with Gasteiger partial charge in [-0.3, -0.25) is 14.6 Å². The van der Waals surface area contributed by atoms with Crippen LogP contribution in [0.25, 0.3) is 21.7 Å². The quantitative estimate of drug-likeness (QED) is 0.0216. The number of anilines is 3. The lowest BCUT2D eigenvalue weighted by Crippen LogP contribution is -2.60. The average Bonchev–Trinajstić information content (AvgIpc) is 3.71. The Morgan fingerprint density at radius 2 is 1.58 bits per heavy atom. The average molecular weight is 1150 g/mol. The van der Waals surface area contributed by atoms with E-state index in [0.29, 0.717) is 50.5 Å². The van der Waals surface area contributed by atoms with Crippen LogP contribution in [0.15, 0.2) is 72.0 Å². The molecule has 0 saturated carbocycles. The number of azide groups is 1. The van der Waals surface area contributed by atoms with Crippen LogP contribution in [0.4, 0.5) is 17.2 Å². The van der Waals surface area contributed by atoms with Gasteiger partial charge >= 0.3 is 10.4 Å². The van der Waals surface area contributed by atoms with Crippen molar-refractivity contribution in [2.45, 2.75) is 94.9 Å². The van der Waals surface area contributed by atoms with Gasteiger partial charge in [-0.25, -0.2) is 4.98 Å². The Bertz CT molecular complexity index is 2870. The predicted octanol–water partition coefficient (Wildman–Crippen LogP) is 2.13. The van der Waals surface area contributed by atoms with Gasteiger partial charge in [0.1, 0.15) is 31.0 Å². The minimum Gasteiger partial charge on any atom is -0.476 e. The molecule has 4 saturated heterocycles. The Kier molecular flexibility index (Phi) is 21.0.